The van der Waals surface area contributed by atoms with Crippen LogP contribution in [0, 0.1) is 0 Å². The molecule has 0 amide bonds. The van der Waals surface area contributed by atoms with Crippen molar-refractivity contribution in [2.24, 2.45) is 0 Å². The summed E-state index contributed by atoms with van der Waals surface area (Å²) in [5, 5.41) is 0. The monoisotopic (exact) mass is 125 g/mol. The van der Waals surface area contributed by atoms with Crippen LogP contribution in [0.5, 0.6) is 0 Å². The number of hydrogen-bond acceptors (Lipinski definition) is 1. The molecule has 0 aliphatic rings. The molecule has 1 atom stereocenters. The molecule has 0 fully saturated rings. The van der Waals surface area contributed by atoms with Gasteiger partial charge in [0, 0.05) is 0 Å². The first-order chi connectivity index (χ1) is 2.27. The van der Waals surface area contributed by atoms with E-state index in [-0.39, 0.29) is 5.90 Å². The van der Waals surface area contributed by atoms with Crippen molar-refractivity contribution < 1.29 is 0 Å². The maximum absolute atomic E-state index is 4.71. The van der Waals surface area contributed by atoms with Gasteiger partial charge in [-0.05, 0) is 12.1 Å². The third-order valence-corrected chi connectivity index (χ3v) is 2.43. The van der Waals surface area contributed by atoms with Gasteiger partial charge in [-0.3, -0.25) is 0 Å². The topological polar surface area (TPSA) is 0 Å². The van der Waals surface area contributed by atoms with E-state index in [2.05, 4.69) is 12.2 Å². The molecule has 3 heteroatoms. The van der Waals surface area contributed by atoms with Crippen molar-refractivity contribution in [3.05, 3.63) is 0 Å². The average Bonchev–Trinajstić information content (AvgIpc) is 1.38. The molecule has 0 rings (SSSR count). The van der Waals surface area contributed by atoms with Gasteiger partial charge in [0.2, 0.25) is 0 Å². The second-order valence-electron chi connectivity index (χ2n) is 0.668. The van der Waals surface area contributed by atoms with Crippen molar-refractivity contribution in [3.63, 3.8) is 0 Å². The Morgan fingerprint density at radius 1 is 2.00 bits per heavy atom. The molecule has 0 N–H and O–H groups in total. The minimum Gasteiger partial charge on any atom is -0.117 e. The Hall–Kier alpha value is 0.870. The van der Waals surface area contributed by atoms with Gasteiger partial charge in [0.1, 0.15) is 0 Å². The van der Waals surface area contributed by atoms with Crippen LogP contribution >= 0.6 is 18.1 Å². The van der Waals surface area contributed by atoms with Crippen molar-refractivity contribution in [2.75, 3.05) is 6.16 Å². The summed E-state index contributed by atoms with van der Waals surface area (Å²) >= 11 is 8.69. The fraction of sp³-hybridized carbons (Fsp3) is 1.00. The summed E-state index contributed by atoms with van der Waals surface area (Å²) in [7, 11) is 0. The second kappa shape index (κ2) is 3.08. The van der Waals surface area contributed by atoms with Crippen LogP contribution in [0.1, 0.15) is 6.92 Å². The summed E-state index contributed by atoms with van der Waals surface area (Å²) in [6.07, 6.45) is 1.05. The second-order valence-corrected chi connectivity index (χ2v) is 5.59. The van der Waals surface area contributed by atoms with Crippen molar-refractivity contribution >= 4 is 30.0 Å². The number of thiol groups is 1. The van der Waals surface area contributed by atoms with Crippen molar-refractivity contribution in [1.29, 1.82) is 0 Å². The fourth-order valence-electron chi connectivity index (χ4n) is 0. The molecule has 1 unspecified atom stereocenters. The van der Waals surface area contributed by atoms with Crippen LogP contribution in [0.4, 0.5) is 0 Å². The molecule has 0 saturated heterocycles. The van der Waals surface area contributed by atoms with Crippen molar-refractivity contribution in [1.82, 2.24) is 0 Å². The van der Waals surface area contributed by atoms with Crippen LogP contribution in [0.2, 0.25) is 0 Å². The predicted molar refractivity (Wildman–Crippen MR) is 33.8 cm³/mol. The third-order valence-electron chi connectivity index (χ3n) is 0.271. The summed E-state index contributed by atoms with van der Waals surface area (Å²) in [6, 6.07) is 0. The maximum Gasteiger partial charge on any atom is -0.00176 e. The van der Waals surface area contributed by atoms with Gasteiger partial charge in [0.05, 0.1) is 0 Å². The van der Waals surface area contributed by atoms with Gasteiger partial charge in [-0.15, -0.1) is 12.2 Å². The molecule has 0 aliphatic heterocycles. The fourth-order valence-corrected chi connectivity index (χ4v) is 0. The Balaban J connectivity index is 2.85. The van der Waals surface area contributed by atoms with E-state index >= 15 is 0 Å². The summed E-state index contributed by atoms with van der Waals surface area (Å²) < 4.78 is 0. The van der Waals surface area contributed by atoms with E-state index < -0.39 is 0 Å². The van der Waals surface area contributed by atoms with E-state index in [0.29, 0.717) is 0 Å². The molecule has 0 aromatic carbocycles. The van der Waals surface area contributed by atoms with Gasteiger partial charge in [0.25, 0.3) is 0 Å². The Labute approximate surface area is 43.5 Å². The highest BCUT2D eigenvalue weighted by atomic mass is 32.9. The van der Waals surface area contributed by atoms with E-state index in [4.69, 9.17) is 11.8 Å². The quantitative estimate of drug-likeness (QED) is 0.412. The van der Waals surface area contributed by atoms with Crippen LogP contribution in [0.25, 0.3) is 0 Å². The maximum atomic E-state index is 4.71. The highest BCUT2D eigenvalue weighted by molar-refractivity contribution is 8.56. The van der Waals surface area contributed by atoms with Gasteiger partial charge in [-0.1, -0.05) is 18.7 Å². The van der Waals surface area contributed by atoms with Gasteiger partial charge in [-0.2, -0.15) is 0 Å². The lowest BCUT2D eigenvalue weighted by molar-refractivity contribution is 1.53. The smallest absolute Gasteiger partial charge is 0.00176 e. The van der Waals surface area contributed by atoms with E-state index in [9.17, 15) is 0 Å². The van der Waals surface area contributed by atoms with Crippen LogP contribution < -0.4 is 0 Å². The summed E-state index contributed by atoms with van der Waals surface area (Å²) in [5.74, 6) is -0.320. The summed E-state index contributed by atoms with van der Waals surface area (Å²) in [5.41, 5.74) is 0. The Morgan fingerprint density at radius 3 is 2.20 bits per heavy atom. The zero-order valence-corrected chi connectivity index (χ0v) is 5.62. The van der Waals surface area contributed by atoms with Crippen LogP contribution in [0.15, 0.2) is 0 Å². The molecule has 0 heterocycles. The molecule has 1 radical (unpaired) electrons. The van der Waals surface area contributed by atoms with E-state index in [1.165, 1.54) is 0 Å². The zero-order valence-electron chi connectivity index (χ0n) is 3.01. The van der Waals surface area contributed by atoms with E-state index in [0.717, 1.165) is 6.16 Å². The Kier molecular flexibility index (Phi) is 3.61. The Morgan fingerprint density at radius 2 is 2.20 bits per heavy atom. The molecule has 0 spiro atoms. The predicted octanol–water partition coefficient (Wildman–Crippen LogP) is 1.79. The highest BCUT2D eigenvalue weighted by Crippen LogP contribution is 2.23. The molecule has 5 heavy (non-hydrogen) atoms. The molecule has 0 nitrogen and oxygen atoms in total. The summed E-state index contributed by atoms with van der Waals surface area (Å²) in [6.45, 7) is 2.05. The molecule has 0 aromatic rings. The van der Waals surface area contributed by atoms with E-state index in [1.807, 2.05) is 6.92 Å². The van der Waals surface area contributed by atoms with Crippen molar-refractivity contribution in [2.45, 2.75) is 6.92 Å². The SMILES string of the molecule is CC[P](=S)S. The van der Waals surface area contributed by atoms with Gasteiger partial charge < -0.3 is 0 Å². The lowest BCUT2D eigenvalue weighted by Crippen LogP contribution is -1.48. The average molecular weight is 125 g/mol. The minimum absolute atomic E-state index is 0.320. The molecule has 0 saturated carbocycles. The van der Waals surface area contributed by atoms with Crippen LogP contribution in [-0.4, -0.2) is 6.16 Å². The first-order valence-electron chi connectivity index (χ1n) is 1.41. The highest BCUT2D eigenvalue weighted by Gasteiger charge is 1.70. The number of rotatable bonds is 1. The lowest BCUT2D eigenvalue weighted by atomic mass is 11.0. The third kappa shape index (κ3) is 4.87. The summed E-state index contributed by atoms with van der Waals surface area (Å²) in [4.78, 5) is 0. The number of hydrogen-bond donors (Lipinski definition) is 1. The molecule has 0 aliphatic carbocycles. The van der Waals surface area contributed by atoms with Crippen LogP contribution in [0.3, 0.4) is 0 Å². The molecule has 0 aromatic heterocycles. The normalized spacial score (nSPS) is 11.2. The molecular weight excluding hydrogens is 119 g/mol. The van der Waals surface area contributed by atoms with Gasteiger partial charge in [0.15, 0.2) is 0 Å². The first kappa shape index (κ1) is 5.87. The van der Waals surface area contributed by atoms with E-state index in [1.54, 1.807) is 0 Å². The standard InChI is InChI=1S/C2H6PS2/c1-2-3(4)5/h2H2,1H3,(H,4,5). The van der Waals surface area contributed by atoms with Gasteiger partial charge in [-0.25, -0.2) is 0 Å². The molecular formula is C2H6PS2. The molecule has 31 valence electrons. The minimum atomic E-state index is -0.320. The molecule has 0 bridgehead atoms. The van der Waals surface area contributed by atoms with Crippen molar-refractivity contribution in [3.8, 4) is 0 Å². The van der Waals surface area contributed by atoms with Crippen LogP contribution in [-0.2, 0) is 11.8 Å². The lowest BCUT2D eigenvalue weighted by Gasteiger charge is -1.77. The Bertz CT molecular complexity index is 42.9. The zero-order chi connectivity index (χ0) is 4.28. The largest absolute Gasteiger partial charge is 0.117 e. The first-order valence-corrected chi connectivity index (χ1v) is 5.10. The van der Waals surface area contributed by atoms with Gasteiger partial charge >= 0.3 is 0 Å².